The molecule has 41 heavy (non-hydrogen) atoms. The molecule has 0 heterocycles. The summed E-state index contributed by atoms with van der Waals surface area (Å²) in [5.41, 5.74) is 2.44. The van der Waals surface area contributed by atoms with Crippen molar-refractivity contribution in [1.82, 2.24) is 0 Å². The highest BCUT2D eigenvalue weighted by atomic mass is 35.5. The molecule has 0 aliphatic rings. The van der Waals surface area contributed by atoms with E-state index in [1.54, 1.807) is 40.2 Å². The number of hydrogen-bond donors (Lipinski definition) is 0. The Morgan fingerprint density at radius 3 is 1.39 bits per heavy atom. The van der Waals surface area contributed by atoms with Crippen molar-refractivity contribution in [1.29, 1.82) is 0 Å². The largest absolute Gasteiger partial charge is 0.497 e. The summed E-state index contributed by atoms with van der Waals surface area (Å²) in [6.07, 6.45) is 0.248. The van der Waals surface area contributed by atoms with E-state index in [-0.39, 0.29) is 43.4 Å². The van der Waals surface area contributed by atoms with Crippen LogP contribution >= 0.6 is 11.6 Å². The second-order valence-electron chi connectivity index (χ2n) is 8.32. The van der Waals surface area contributed by atoms with Gasteiger partial charge < -0.3 is 28.4 Å². The Labute approximate surface area is 247 Å². The zero-order chi connectivity index (χ0) is 31.4. The van der Waals surface area contributed by atoms with Crippen LogP contribution in [0.3, 0.4) is 0 Å². The van der Waals surface area contributed by atoms with Gasteiger partial charge in [-0.05, 0) is 74.7 Å². The molecule has 228 valence electrons. The van der Waals surface area contributed by atoms with Gasteiger partial charge in [-0.15, -0.1) is 0 Å². The van der Waals surface area contributed by atoms with Crippen LogP contribution in [-0.4, -0.2) is 64.6 Å². The summed E-state index contributed by atoms with van der Waals surface area (Å²) in [7, 11) is 6.29. The van der Waals surface area contributed by atoms with Crippen molar-refractivity contribution in [3.05, 3.63) is 47.0 Å². The predicted octanol–water partition coefficient (Wildman–Crippen LogP) is 5.65. The first kappa shape index (κ1) is 37.2. The second kappa shape index (κ2) is 21.0. The minimum absolute atomic E-state index is 0.0485. The fraction of sp³-hybridized carbons (Fsp3) is 0.467. The van der Waals surface area contributed by atoms with Gasteiger partial charge in [0.1, 0.15) is 28.6 Å². The number of carbonyl (C=O) groups excluding carboxylic acids is 4. The highest BCUT2D eigenvalue weighted by Gasteiger charge is 2.20. The van der Waals surface area contributed by atoms with E-state index in [0.29, 0.717) is 30.3 Å². The molecule has 0 bridgehead atoms. The average Bonchev–Trinajstić information content (AvgIpc) is 2.94. The van der Waals surface area contributed by atoms with Crippen LogP contribution in [-0.2, 0) is 23.9 Å². The highest BCUT2D eigenvalue weighted by molar-refractivity contribution is 6.63. The van der Waals surface area contributed by atoms with E-state index in [1.807, 2.05) is 32.0 Å². The van der Waals surface area contributed by atoms with Crippen molar-refractivity contribution in [2.75, 3.05) is 41.7 Å². The van der Waals surface area contributed by atoms with Crippen LogP contribution in [0.5, 0.6) is 23.0 Å². The van der Waals surface area contributed by atoms with Gasteiger partial charge in [-0.3, -0.25) is 19.2 Å². The lowest BCUT2D eigenvalue weighted by atomic mass is 10.0. The number of aryl methyl sites for hydroxylation is 2. The summed E-state index contributed by atoms with van der Waals surface area (Å²) in [6, 6.07) is 9.30. The van der Waals surface area contributed by atoms with E-state index in [1.165, 1.54) is 14.2 Å². The Morgan fingerprint density at radius 1 is 0.610 bits per heavy atom. The van der Waals surface area contributed by atoms with E-state index >= 15 is 0 Å². The van der Waals surface area contributed by atoms with Crippen LogP contribution in [0.1, 0.15) is 61.0 Å². The average molecular weight is 597 g/mol. The van der Waals surface area contributed by atoms with Gasteiger partial charge in [0, 0.05) is 18.9 Å². The number of halogens is 1. The zero-order valence-corrected chi connectivity index (χ0v) is 25.8. The number of hydrogen-bond acceptors (Lipinski definition) is 10. The summed E-state index contributed by atoms with van der Waals surface area (Å²) < 4.78 is 29.9. The Balaban J connectivity index is 0.000000644. The van der Waals surface area contributed by atoms with Crippen LogP contribution in [0.4, 0.5) is 0 Å². The maximum absolute atomic E-state index is 12.3. The van der Waals surface area contributed by atoms with Crippen LogP contribution < -0.4 is 18.9 Å². The van der Waals surface area contributed by atoms with Crippen molar-refractivity contribution >= 4 is 34.6 Å². The summed E-state index contributed by atoms with van der Waals surface area (Å²) in [6.45, 7) is 7.98. The minimum atomic E-state index is -0.506. The predicted molar refractivity (Wildman–Crippen MR) is 155 cm³/mol. The molecule has 0 aromatic heterocycles. The standard InChI is InChI=1S/C15H20O5.C9H12O2.C6H9ClO3/c1-5-20-14(17)7-6-11(16)15-12(18-3)8-10(2)9-13(15)19-4;1-7-4-8(10-2)6-9(5-7)11-3;1-2-10-6(9)4-3-5(7)8/h8-9H,5-7H2,1-4H3;4-6H,1-3H3;2-4H2,1H3. The SMILES string of the molecule is CCOC(=O)CCC(=O)Cl.CCOC(=O)CCC(=O)c1c(OC)cc(C)cc1OC.COc1cc(C)cc(OC)c1. The lowest BCUT2D eigenvalue weighted by Gasteiger charge is -2.13. The summed E-state index contributed by atoms with van der Waals surface area (Å²) in [5, 5.41) is -0.506. The van der Waals surface area contributed by atoms with Gasteiger partial charge in [-0.1, -0.05) is 0 Å². The van der Waals surface area contributed by atoms with Crippen LogP contribution in [0, 0.1) is 13.8 Å². The van der Waals surface area contributed by atoms with Crippen LogP contribution in [0.15, 0.2) is 30.3 Å². The molecule has 11 heteroatoms. The van der Waals surface area contributed by atoms with Crippen molar-refractivity contribution < 1.29 is 47.6 Å². The van der Waals surface area contributed by atoms with Gasteiger partial charge >= 0.3 is 11.9 Å². The first-order valence-electron chi connectivity index (χ1n) is 12.9. The number of rotatable bonds is 13. The molecule has 0 atom stereocenters. The molecule has 0 saturated heterocycles. The molecule has 2 rings (SSSR count). The Kier molecular flexibility index (Phi) is 19.1. The van der Waals surface area contributed by atoms with E-state index in [0.717, 1.165) is 22.6 Å². The number of carbonyl (C=O) groups is 4. The van der Waals surface area contributed by atoms with Gasteiger partial charge in [0.15, 0.2) is 5.78 Å². The lowest BCUT2D eigenvalue weighted by molar-refractivity contribution is -0.144. The molecule has 0 aliphatic heterocycles. The quantitative estimate of drug-likeness (QED) is 0.163. The molecule has 0 unspecified atom stereocenters. The first-order chi connectivity index (χ1) is 19.4. The fourth-order valence-electron chi connectivity index (χ4n) is 3.27. The molecular weight excluding hydrogens is 556 g/mol. The Morgan fingerprint density at radius 2 is 1.02 bits per heavy atom. The monoisotopic (exact) mass is 596 g/mol. The van der Waals surface area contributed by atoms with Gasteiger partial charge in [-0.2, -0.15) is 0 Å². The number of benzene rings is 2. The molecule has 0 amide bonds. The smallest absolute Gasteiger partial charge is 0.306 e. The molecule has 0 N–H and O–H groups in total. The van der Waals surface area contributed by atoms with Crippen molar-refractivity contribution in [3.8, 4) is 23.0 Å². The van der Waals surface area contributed by atoms with Gasteiger partial charge in [-0.25, -0.2) is 0 Å². The summed E-state index contributed by atoms with van der Waals surface area (Å²) in [4.78, 5) is 44.2. The molecule has 0 aliphatic carbocycles. The molecule has 0 fully saturated rings. The third kappa shape index (κ3) is 15.5. The molecule has 0 spiro atoms. The van der Waals surface area contributed by atoms with E-state index in [9.17, 15) is 19.2 Å². The highest BCUT2D eigenvalue weighted by Crippen LogP contribution is 2.31. The van der Waals surface area contributed by atoms with Crippen LogP contribution in [0.25, 0.3) is 0 Å². The zero-order valence-electron chi connectivity index (χ0n) is 25.1. The maximum atomic E-state index is 12.3. The summed E-state index contributed by atoms with van der Waals surface area (Å²) in [5.74, 6) is 1.62. The van der Waals surface area contributed by atoms with Crippen molar-refractivity contribution in [2.45, 2.75) is 53.4 Å². The molecule has 10 nitrogen and oxygen atoms in total. The van der Waals surface area contributed by atoms with E-state index in [2.05, 4.69) is 4.74 Å². The molecule has 2 aromatic rings. The van der Waals surface area contributed by atoms with Crippen molar-refractivity contribution in [3.63, 3.8) is 0 Å². The Hall–Kier alpha value is -3.79. The normalized spacial score (nSPS) is 9.59. The molecular formula is C30H41ClO10. The minimum Gasteiger partial charge on any atom is -0.497 e. The maximum Gasteiger partial charge on any atom is 0.306 e. The number of esters is 2. The van der Waals surface area contributed by atoms with Gasteiger partial charge in [0.05, 0.1) is 54.5 Å². The fourth-order valence-corrected chi connectivity index (χ4v) is 3.37. The van der Waals surface area contributed by atoms with Crippen molar-refractivity contribution in [2.24, 2.45) is 0 Å². The molecule has 0 radical (unpaired) electrons. The third-order valence-corrected chi connectivity index (χ3v) is 5.31. The second-order valence-corrected chi connectivity index (χ2v) is 8.74. The lowest BCUT2D eigenvalue weighted by Crippen LogP contribution is -2.10. The Bertz CT molecular complexity index is 1080. The number of Topliss-reactive ketones (excluding diaryl/α,β-unsaturated/α-hetero) is 1. The van der Waals surface area contributed by atoms with Gasteiger partial charge in [0.2, 0.25) is 5.24 Å². The van der Waals surface area contributed by atoms with E-state index in [4.69, 9.17) is 35.3 Å². The number of ether oxygens (including phenoxy) is 6. The molecule has 0 saturated carbocycles. The topological polar surface area (TPSA) is 124 Å². The number of ketones is 1. The van der Waals surface area contributed by atoms with Crippen LogP contribution in [0.2, 0.25) is 0 Å². The van der Waals surface area contributed by atoms with Gasteiger partial charge in [0.25, 0.3) is 0 Å². The number of methoxy groups -OCH3 is 4. The third-order valence-electron chi connectivity index (χ3n) is 5.12. The van der Waals surface area contributed by atoms with E-state index < -0.39 is 5.24 Å². The first-order valence-corrected chi connectivity index (χ1v) is 13.3. The molecule has 2 aromatic carbocycles. The summed E-state index contributed by atoms with van der Waals surface area (Å²) >= 11 is 4.98.